The lowest BCUT2D eigenvalue weighted by Gasteiger charge is -2.13. The van der Waals surface area contributed by atoms with E-state index in [9.17, 15) is 18.0 Å². The normalized spacial score (nSPS) is 21.9. The second-order valence-electron chi connectivity index (χ2n) is 4.45. The van der Waals surface area contributed by atoms with E-state index in [1.165, 1.54) is 16.8 Å². The fourth-order valence-electron chi connectivity index (χ4n) is 2.18. The standard InChI is InChI=1S/C11H13NO5S/c1-7-2-4-12(10(13)9(7)11(14)15)8-3-5-18(16,17)6-8/h2,4,8H,3,5-6H2,1H3,(H,14,15). The summed E-state index contributed by atoms with van der Waals surface area (Å²) in [5.74, 6) is -1.34. The van der Waals surface area contributed by atoms with E-state index in [1.807, 2.05) is 0 Å². The van der Waals surface area contributed by atoms with Crippen LogP contribution in [-0.4, -0.2) is 35.6 Å². The molecule has 1 fully saturated rings. The molecule has 0 amide bonds. The van der Waals surface area contributed by atoms with Crippen LogP contribution in [0.25, 0.3) is 0 Å². The SMILES string of the molecule is Cc1ccn(C2CCS(=O)(=O)C2)c(=O)c1C(=O)O. The first kappa shape index (κ1) is 12.8. The lowest BCUT2D eigenvalue weighted by molar-refractivity contribution is 0.0693. The summed E-state index contributed by atoms with van der Waals surface area (Å²) < 4.78 is 24.0. The van der Waals surface area contributed by atoms with Gasteiger partial charge in [0, 0.05) is 6.20 Å². The maximum absolute atomic E-state index is 12.0. The molecule has 0 radical (unpaired) electrons. The molecule has 0 aromatic carbocycles. The Morgan fingerprint density at radius 1 is 1.50 bits per heavy atom. The molecular weight excluding hydrogens is 258 g/mol. The van der Waals surface area contributed by atoms with Gasteiger partial charge in [0.1, 0.15) is 5.56 Å². The maximum Gasteiger partial charge on any atom is 0.341 e. The molecule has 1 N–H and O–H groups in total. The third-order valence-electron chi connectivity index (χ3n) is 3.14. The predicted octanol–water partition coefficient (Wildman–Crippen LogP) is 0.215. The lowest BCUT2D eigenvalue weighted by atomic mass is 10.1. The third-order valence-corrected chi connectivity index (χ3v) is 4.89. The summed E-state index contributed by atoms with van der Waals surface area (Å²) in [5, 5.41) is 8.98. The number of hydrogen-bond donors (Lipinski definition) is 1. The number of carboxylic acids is 1. The molecule has 1 aliphatic heterocycles. The summed E-state index contributed by atoms with van der Waals surface area (Å²) in [6, 6.07) is 1.07. The van der Waals surface area contributed by atoms with Gasteiger partial charge in [0.2, 0.25) is 0 Å². The zero-order valence-corrected chi connectivity index (χ0v) is 10.6. The first-order chi connectivity index (χ1) is 8.32. The van der Waals surface area contributed by atoms with Gasteiger partial charge < -0.3 is 9.67 Å². The molecule has 0 saturated carbocycles. The van der Waals surface area contributed by atoms with Crippen LogP contribution in [0.4, 0.5) is 0 Å². The summed E-state index contributed by atoms with van der Waals surface area (Å²) in [5.41, 5.74) is -0.545. The number of aromatic carboxylic acids is 1. The van der Waals surface area contributed by atoms with Crippen LogP contribution in [0.5, 0.6) is 0 Å². The van der Waals surface area contributed by atoms with Crippen molar-refractivity contribution in [1.29, 1.82) is 0 Å². The Hall–Kier alpha value is -1.63. The monoisotopic (exact) mass is 271 g/mol. The van der Waals surface area contributed by atoms with Crippen molar-refractivity contribution in [2.75, 3.05) is 11.5 Å². The predicted molar refractivity (Wildman–Crippen MR) is 64.7 cm³/mol. The number of aryl methyl sites for hydroxylation is 1. The molecular formula is C11H13NO5S. The largest absolute Gasteiger partial charge is 0.477 e. The molecule has 0 spiro atoms. The van der Waals surface area contributed by atoms with Crippen molar-refractivity contribution < 1.29 is 18.3 Å². The average molecular weight is 271 g/mol. The molecule has 18 heavy (non-hydrogen) atoms. The van der Waals surface area contributed by atoms with Crippen LogP contribution in [0.3, 0.4) is 0 Å². The molecule has 0 aliphatic carbocycles. The minimum atomic E-state index is -3.11. The van der Waals surface area contributed by atoms with Crippen molar-refractivity contribution in [3.8, 4) is 0 Å². The first-order valence-corrected chi connectivity index (χ1v) is 7.29. The number of pyridine rings is 1. The topological polar surface area (TPSA) is 93.4 Å². The molecule has 1 saturated heterocycles. The van der Waals surface area contributed by atoms with Crippen LogP contribution in [0.1, 0.15) is 28.4 Å². The first-order valence-electron chi connectivity index (χ1n) is 5.47. The maximum atomic E-state index is 12.0. The molecule has 2 heterocycles. The Morgan fingerprint density at radius 3 is 2.67 bits per heavy atom. The van der Waals surface area contributed by atoms with Crippen LogP contribution >= 0.6 is 0 Å². The van der Waals surface area contributed by atoms with E-state index in [2.05, 4.69) is 0 Å². The number of rotatable bonds is 2. The molecule has 98 valence electrons. The van der Waals surface area contributed by atoms with Crippen molar-refractivity contribution >= 4 is 15.8 Å². The van der Waals surface area contributed by atoms with Crippen LogP contribution in [0.15, 0.2) is 17.1 Å². The number of hydrogen-bond acceptors (Lipinski definition) is 4. The van der Waals surface area contributed by atoms with Crippen molar-refractivity contribution in [3.63, 3.8) is 0 Å². The smallest absolute Gasteiger partial charge is 0.341 e. The van der Waals surface area contributed by atoms with Crippen molar-refractivity contribution in [3.05, 3.63) is 33.7 Å². The van der Waals surface area contributed by atoms with Gasteiger partial charge in [-0.15, -0.1) is 0 Å². The van der Waals surface area contributed by atoms with E-state index in [0.717, 1.165) is 0 Å². The van der Waals surface area contributed by atoms with Gasteiger partial charge >= 0.3 is 5.97 Å². The number of carboxylic acid groups (broad SMARTS) is 1. The van der Waals surface area contributed by atoms with Gasteiger partial charge in [-0.05, 0) is 25.0 Å². The van der Waals surface area contributed by atoms with E-state index < -0.39 is 27.4 Å². The van der Waals surface area contributed by atoms with Gasteiger partial charge in [-0.3, -0.25) is 4.79 Å². The van der Waals surface area contributed by atoms with E-state index in [4.69, 9.17) is 5.11 Å². The van der Waals surface area contributed by atoms with E-state index in [1.54, 1.807) is 6.92 Å². The Morgan fingerprint density at radius 2 is 2.17 bits per heavy atom. The quantitative estimate of drug-likeness (QED) is 0.830. The van der Waals surface area contributed by atoms with E-state index in [-0.39, 0.29) is 17.1 Å². The van der Waals surface area contributed by atoms with Gasteiger partial charge in [0.05, 0.1) is 17.5 Å². The second kappa shape index (κ2) is 4.24. The van der Waals surface area contributed by atoms with Gasteiger partial charge in [-0.1, -0.05) is 0 Å². The summed E-state index contributed by atoms with van der Waals surface area (Å²) in [6.45, 7) is 1.54. The number of sulfone groups is 1. The molecule has 6 nitrogen and oxygen atoms in total. The summed E-state index contributed by atoms with van der Waals surface area (Å²) >= 11 is 0. The Kier molecular flexibility index (Phi) is 3.02. The zero-order valence-electron chi connectivity index (χ0n) is 9.79. The number of nitrogens with zero attached hydrogens (tertiary/aromatic N) is 1. The Balaban J connectivity index is 2.52. The van der Waals surface area contributed by atoms with Crippen molar-refractivity contribution in [2.24, 2.45) is 0 Å². The fraction of sp³-hybridized carbons (Fsp3) is 0.455. The van der Waals surface area contributed by atoms with Gasteiger partial charge in [-0.25, -0.2) is 13.2 Å². The summed E-state index contributed by atoms with van der Waals surface area (Å²) in [4.78, 5) is 23.0. The second-order valence-corrected chi connectivity index (χ2v) is 6.68. The minimum absolute atomic E-state index is 0.0421. The fourth-order valence-corrected chi connectivity index (χ4v) is 3.89. The van der Waals surface area contributed by atoms with E-state index in [0.29, 0.717) is 12.0 Å². The Labute approximate surface area is 104 Å². The van der Waals surface area contributed by atoms with E-state index >= 15 is 0 Å². The third kappa shape index (κ3) is 2.17. The van der Waals surface area contributed by atoms with Crippen LogP contribution in [0.2, 0.25) is 0 Å². The molecule has 1 atom stereocenters. The minimum Gasteiger partial charge on any atom is -0.477 e. The highest BCUT2D eigenvalue weighted by Gasteiger charge is 2.30. The van der Waals surface area contributed by atoms with Gasteiger partial charge in [0.15, 0.2) is 9.84 Å². The van der Waals surface area contributed by atoms with Crippen molar-refractivity contribution in [1.82, 2.24) is 4.57 Å². The highest BCUT2D eigenvalue weighted by atomic mass is 32.2. The summed E-state index contributed by atoms with van der Waals surface area (Å²) in [7, 11) is -3.11. The van der Waals surface area contributed by atoms with Gasteiger partial charge in [0.25, 0.3) is 5.56 Å². The van der Waals surface area contributed by atoms with Crippen molar-refractivity contribution in [2.45, 2.75) is 19.4 Å². The molecule has 1 unspecified atom stereocenters. The molecule has 0 bridgehead atoms. The molecule has 1 aromatic rings. The lowest BCUT2D eigenvalue weighted by Crippen LogP contribution is -2.30. The Bertz CT molecular complexity index is 659. The summed E-state index contributed by atoms with van der Waals surface area (Å²) in [6.07, 6.45) is 1.82. The number of carbonyl (C=O) groups is 1. The van der Waals surface area contributed by atoms with Crippen LogP contribution in [-0.2, 0) is 9.84 Å². The molecule has 7 heteroatoms. The number of aromatic nitrogens is 1. The highest BCUT2D eigenvalue weighted by molar-refractivity contribution is 7.91. The molecule has 1 aliphatic rings. The van der Waals surface area contributed by atoms with Gasteiger partial charge in [-0.2, -0.15) is 0 Å². The zero-order chi connectivity index (χ0) is 13.5. The molecule has 2 rings (SSSR count). The highest BCUT2D eigenvalue weighted by Crippen LogP contribution is 2.22. The molecule has 1 aromatic heterocycles. The average Bonchev–Trinajstić information content (AvgIpc) is 2.58. The van der Waals surface area contributed by atoms with Crippen LogP contribution < -0.4 is 5.56 Å². The van der Waals surface area contributed by atoms with Crippen LogP contribution in [0, 0.1) is 6.92 Å².